The molecule has 0 aliphatic carbocycles. The van der Waals surface area contributed by atoms with Gasteiger partial charge >= 0.3 is 0 Å². The van der Waals surface area contributed by atoms with Crippen molar-refractivity contribution in [2.75, 3.05) is 18.1 Å². The van der Waals surface area contributed by atoms with E-state index in [4.69, 9.17) is 9.84 Å². The Hall–Kier alpha value is -0.210. The minimum atomic E-state index is -3.33. The van der Waals surface area contributed by atoms with Gasteiger partial charge in [0.15, 0.2) is 9.84 Å². The van der Waals surface area contributed by atoms with Crippen molar-refractivity contribution in [1.29, 1.82) is 0 Å². The number of hydrogen-bond donors (Lipinski definition) is 3. The van der Waals surface area contributed by atoms with Crippen LogP contribution in [0.2, 0.25) is 0 Å². The van der Waals surface area contributed by atoms with Crippen LogP contribution in [-0.4, -0.2) is 66.3 Å². The molecule has 0 spiro atoms. The van der Waals surface area contributed by atoms with Crippen molar-refractivity contribution in [2.24, 2.45) is 0 Å². The second-order valence-corrected chi connectivity index (χ2v) is 8.69. The molecule has 0 unspecified atom stereocenters. The van der Waals surface area contributed by atoms with Gasteiger partial charge in [0.25, 0.3) is 0 Å². The smallest absolute Gasteiger partial charge is 0.152 e. The summed E-state index contributed by atoms with van der Waals surface area (Å²) in [4.78, 5) is 0. The van der Waals surface area contributed by atoms with E-state index in [2.05, 4.69) is 6.92 Å². The third-order valence-corrected chi connectivity index (χ3v) is 6.12. The highest BCUT2D eigenvalue weighted by Gasteiger charge is 2.43. The van der Waals surface area contributed by atoms with E-state index >= 15 is 0 Å². The predicted molar refractivity (Wildman–Crippen MR) is 89.0 cm³/mol. The molecule has 4 atom stereocenters. The first-order valence-electron chi connectivity index (χ1n) is 8.74. The van der Waals surface area contributed by atoms with Gasteiger partial charge in [0.05, 0.1) is 18.1 Å². The Bertz CT molecular complexity index is 411. The summed E-state index contributed by atoms with van der Waals surface area (Å²) >= 11 is 0. The molecule has 7 heteroatoms. The molecule has 0 amide bonds. The highest BCUT2D eigenvalue weighted by atomic mass is 32.2. The molecular formula is C16H32O6S. The Morgan fingerprint density at radius 2 is 1.39 bits per heavy atom. The van der Waals surface area contributed by atoms with Crippen LogP contribution >= 0.6 is 0 Å². The van der Waals surface area contributed by atoms with Crippen LogP contribution in [0.15, 0.2) is 0 Å². The third kappa shape index (κ3) is 7.47. The summed E-state index contributed by atoms with van der Waals surface area (Å²) in [5.41, 5.74) is 0. The fraction of sp³-hybridized carbons (Fsp3) is 1.00. The molecule has 138 valence electrons. The molecule has 1 aliphatic heterocycles. The van der Waals surface area contributed by atoms with Gasteiger partial charge in [-0.2, -0.15) is 0 Å². The number of aliphatic hydroxyl groups is 3. The van der Waals surface area contributed by atoms with Gasteiger partial charge in [-0.1, -0.05) is 51.9 Å². The summed E-state index contributed by atoms with van der Waals surface area (Å²) in [6, 6.07) is 0. The van der Waals surface area contributed by atoms with Crippen LogP contribution in [0.1, 0.15) is 58.3 Å². The molecule has 6 nitrogen and oxygen atoms in total. The van der Waals surface area contributed by atoms with Crippen molar-refractivity contribution >= 4 is 9.84 Å². The fourth-order valence-electron chi connectivity index (χ4n) is 2.90. The SMILES string of the molecule is CCCCCCCCCCS(=O)(=O)C[C@@H]1O[C@H](CO)[C@@H](O)[C@@H]1O. The van der Waals surface area contributed by atoms with E-state index in [1.54, 1.807) is 0 Å². The third-order valence-electron chi connectivity index (χ3n) is 4.37. The van der Waals surface area contributed by atoms with Crippen molar-refractivity contribution in [2.45, 2.75) is 82.7 Å². The molecule has 0 saturated carbocycles. The molecule has 0 aromatic rings. The summed E-state index contributed by atoms with van der Waals surface area (Å²) in [6.07, 6.45) is 4.29. The van der Waals surface area contributed by atoms with E-state index < -0.39 is 40.9 Å². The molecule has 0 aromatic heterocycles. The summed E-state index contributed by atoms with van der Waals surface area (Å²) < 4.78 is 29.4. The zero-order chi connectivity index (χ0) is 17.3. The van der Waals surface area contributed by atoms with E-state index in [1.807, 2.05) is 0 Å². The molecule has 0 aromatic carbocycles. The van der Waals surface area contributed by atoms with E-state index in [1.165, 1.54) is 25.7 Å². The highest BCUT2D eigenvalue weighted by molar-refractivity contribution is 7.91. The van der Waals surface area contributed by atoms with E-state index in [-0.39, 0.29) is 11.5 Å². The second kappa shape index (κ2) is 10.6. The van der Waals surface area contributed by atoms with Gasteiger partial charge in [0, 0.05) is 0 Å². The lowest BCUT2D eigenvalue weighted by Gasteiger charge is -2.14. The second-order valence-electron chi connectivity index (χ2n) is 6.47. The van der Waals surface area contributed by atoms with Gasteiger partial charge in [-0.05, 0) is 6.42 Å². The van der Waals surface area contributed by atoms with Gasteiger partial charge < -0.3 is 20.1 Å². The molecule has 23 heavy (non-hydrogen) atoms. The Morgan fingerprint density at radius 1 is 0.870 bits per heavy atom. The topological polar surface area (TPSA) is 104 Å². The van der Waals surface area contributed by atoms with Crippen LogP contribution in [0.4, 0.5) is 0 Å². The number of ether oxygens (including phenoxy) is 1. The van der Waals surface area contributed by atoms with Crippen LogP contribution < -0.4 is 0 Å². The molecule has 0 bridgehead atoms. The van der Waals surface area contributed by atoms with Crippen LogP contribution in [-0.2, 0) is 14.6 Å². The molecular weight excluding hydrogens is 320 g/mol. The summed E-state index contributed by atoms with van der Waals surface area (Å²) in [5.74, 6) is -0.230. The lowest BCUT2D eigenvalue weighted by Crippen LogP contribution is -2.36. The Labute approximate surface area is 139 Å². The number of hydrogen-bond acceptors (Lipinski definition) is 6. The maximum Gasteiger partial charge on any atom is 0.152 e. The average molecular weight is 352 g/mol. The number of unbranched alkanes of at least 4 members (excludes halogenated alkanes) is 7. The van der Waals surface area contributed by atoms with E-state index in [0.717, 1.165) is 19.3 Å². The van der Waals surface area contributed by atoms with Crippen LogP contribution in [0.3, 0.4) is 0 Å². The van der Waals surface area contributed by atoms with E-state index in [0.29, 0.717) is 6.42 Å². The van der Waals surface area contributed by atoms with Gasteiger partial charge in [0.2, 0.25) is 0 Å². The first kappa shape index (κ1) is 20.8. The standard InChI is InChI=1S/C16H32O6S/c1-2-3-4-5-6-7-8-9-10-23(20,21)12-14-16(19)15(18)13(11-17)22-14/h13-19H,2-12H2,1H3/t13-,14+,15-,16-/m1/s1. The first-order valence-corrected chi connectivity index (χ1v) is 10.6. The molecule has 1 fully saturated rings. The summed E-state index contributed by atoms with van der Waals surface area (Å²) in [6.45, 7) is 1.74. The van der Waals surface area contributed by atoms with Crippen LogP contribution in [0, 0.1) is 0 Å². The first-order chi connectivity index (χ1) is 10.9. The predicted octanol–water partition coefficient (Wildman–Crippen LogP) is 1.02. The Morgan fingerprint density at radius 3 is 1.91 bits per heavy atom. The molecule has 1 heterocycles. The average Bonchev–Trinajstić information content (AvgIpc) is 2.77. The van der Waals surface area contributed by atoms with Crippen LogP contribution in [0.5, 0.6) is 0 Å². The Kier molecular flexibility index (Phi) is 9.61. The quantitative estimate of drug-likeness (QED) is 0.453. The zero-order valence-corrected chi connectivity index (χ0v) is 14.9. The largest absolute Gasteiger partial charge is 0.394 e. The van der Waals surface area contributed by atoms with Crippen molar-refractivity contribution in [3.8, 4) is 0 Å². The van der Waals surface area contributed by atoms with Crippen molar-refractivity contribution in [3.05, 3.63) is 0 Å². The molecule has 1 aliphatic rings. The number of aliphatic hydroxyl groups excluding tert-OH is 3. The van der Waals surface area contributed by atoms with Crippen molar-refractivity contribution in [3.63, 3.8) is 0 Å². The lowest BCUT2D eigenvalue weighted by atomic mass is 10.1. The number of rotatable bonds is 12. The molecule has 1 rings (SSSR count). The normalized spacial score (nSPS) is 28.3. The zero-order valence-electron chi connectivity index (χ0n) is 14.1. The maximum absolute atomic E-state index is 12.1. The maximum atomic E-state index is 12.1. The summed E-state index contributed by atoms with van der Waals surface area (Å²) in [7, 11) is -3.33. The molecule has 0 radical (unpaired) electrons. The van der Waals surface area contributed by atoms with Gasteiger partial charge in [-0.15, -0.1) is 0 Å². The van der Waals surface area contributed by atoms with E-state index in [9.17, 15) is 18.6 Å². The fourth-order valence-corrected chi connectivity index (χ4v) is 4.49. The Balaban J connectivity index is 2.21. The highest BCUT2D eigenvalue weighted by Crippen LogP contribution is 2.22. The van der Waals surface area contributed by atoms with Gasteiger partial charge in [-0.3, -0.25) is 0 Å². The van der Waals surface area contributed by atoms with Crippen molar-refractivity contribution in [1.82, 2.24) is 0 Å². The monoisotopic (exact) mass is 352 g/mol. The number of sulfone groups is 1. The van der Waals surface area contributed by atoms with Crippen molar-refractivity contribution < 1.29 is 28.5 Å². The van der Waals surface area contributed by atoms with Gasteiger partial charge in [-0.25, -0.2) is 8.42 Å². The lowest BCUT2D eigenvalue weighted by molar-refractivity contribution is -0.0165. The van der Waals surface area contributed by atoms with Gasteiger partial charge in [0.1, 0.15) is 24.4 Å². The molecule has 1 saturated heterocycles. The summed E-state index contributed by atoms with van der Waals surface area (Å²) in [5, 5.41) is 28.4. The minimum absolute atomic E-state index is 0.0778. The molecule has 3 N–H and O–H groups in total. The minimum Gasteiger partial charge on any atom is -0.394 e. The van der Waals surface area contributed by atoms with Crippen LogP contribution in [0.25, 0.3) is 0 Å².